The Morgan fingerprint density at radius 1 is 1.03 bits per heavy atom. The fourth-order valence-electron chi connectivity index (χ4n) is 4.60. The van der Waals surface area contributed by atoms with Crippen LogP contribution in [-0.4, -0.2) is 58.5 Å². The molecule has 6 nitrogen and oxygen atoms in total. The highest BCUT2D eigenvalue weighted by atomic mass is 32.2. The van der Waals surface area contributed by atoms with Crippen LogP contribution in [0.25, 0.3) is 0 Å². The molecule has 3 rings (SSSR count). The molecule has 2 aliphatic heterocycles. The van der Waals surface area contributed by atoms with Crippen molar-refractivity contribution < 1.29 is 17.9 Å². The predicted octanol–water partition coefficient (Wildman–Crippen LogP) is 3.06. The van der Waals surface area contributed by atoms with Crippen molar-refractivity contribution in [2.75, 3.05) is 45.2 Å². The molecule has 164 valence electrons. The molecule has 0 amide bonds. The molecule has 0 saturated carbocycles. The lowest BCUT2D eigenvalue weighted by molar-refractivity contribution is 0.0459. The van der Waals surface area contributed by atoms with Crippen LogP contribution in [0.3, 0.4) is 0 Å². The predicted molar refractivity (Wildman–Crippen MR) is 116 cm³/mol. The van der Waals surface area contributed by atoms with Gasteiger partial charge < -0.3 is 14.4 Å². The van der Waals surface area contributed by atoms with Crippen molar-refractivity contribution in [2.24, 2.45) is 5.14 Å². The summed E-state index contributed by atoms with van der Waals surface area (Å²) in [7, 11) is -3.38. The second-order valence-electron chi connectivity index (χ2n) is 8.49. The minimum Gasteiger partial charge on any atom is -0.494 e. The Hall–Kier alpha value is -1.15. The van der Waals surface area contributed by atoms with Crippen LogP contribution in [0, 0.1) is 0 Å². The Labute approximate surface area is 175 Å². The van der Waals surface area contributed by atoms with E-state index in [4.69, 9.17) is 14.6 Å². The summed E-state index contributed by atoms with van der Waals surface area (Å²) in [6.07, 6.45) is 8.09. The number of sulfonamides is 1. The molecule has 0 spiro atoms. The van der Waals surface area contributed by atoms with Crippen molar-refractivity contribution in [1.29, 1.82) is 0 Å². The highest BCUT2D eigenvalue weighted by Gasteiger charge is 2.33. The van der Waals surface area contributed by atoms with Crippen molar-refractivity contribution in [1.82, 2.24) is 4.90 Å². The van der Waals surface area contributed by atoms with Gasteiger partial charge in [-0.3, -0.25) is 0 Å². The Balaban J connectivity index is 1.51. The average molecular weight is 425 g/mol. The van der Waals surface area contributed by atoms with Crippen LogP contribution in [0.4, 0.5) is 0 Å². The number of hydrogen-bond acceptors (Lipinski definition) is 5. The summed E-state index contributed by atoms with van der Waals surface area (Å²) in [6, 6.07) is 8.51. The van der Waals surface area contributed by atoms with Gasteiger partial charge in [-0.05, 0) is 81.1 Å². The number of likely N-dealkylation sites (tertiary alicyclic amines) is 1. The quantitative estimate of drug-likeness (QED) is 0.552. The smallest absolute Gasteiger partial charge is 0.209 e. The van der Waals surface area contributed by atoms with Gasteiger partial charge in [0.15, 0.2) is 0 Å². The van der Waals surface area contributed by atoms with Crippen molar-refractivity contribution in [2.45, 2.75) is 56.8 Å². The third-order valence-electron chi connectivity index (χ3n) is 6.34. The molecule has 0 radical (unpaired) electrons. The molecule has 2 aliphatic rings. The molecule has 29 heavy (non-hydrogen) atoms. The second-order valence-corrected chi connectivity index (χ2v) is 10.2. The van der Waals surface area contributed by atoms with Gasteiger partial charge in [0.05, 0.1) is 12.4 Å². The van der Waals surface area contributed by atoms with Gasteiger partial charge in [0.25, 0.3) is 0 Å². The number of unbranched alkanes of at least 4 members (excludes halogenated alkanes) is 1. The molecule has 0 aliphatic carbocycles. The number of rotatable bonds is 11. The molecule has 1 aromatic carbocycles. The summed E-state index contributed by atoms with van der Waals surface area (Å²) < 4.78 is 33.9. The van der Waals surface area contributed by atoms with Gasteiger partial charge >= 0.3 is 0 Å². The average Bonchev–Trinajstić information content (AvgIpc) is 3.23. The maximum absolute atomic E-state index is 11.2. The van der Waals surface area contributed by atoms with Gasteiger partial charge in [0.1, 0.15) is 5.75 Å². The monoisotopic (exact) mass is 424 g/mol. The molecule has 2 fully saturated rings. The van der Waals surface area contributed by atoms with Gasteiger partial charge in [-0.2, -0.15) is 0 Å². The van der Waals surface area contributed by atoms with Gasteiger partial charge in [-0.15, -0.1) is 0 Å². The topological polar surface area (TPSA) is 81.9 Å². The molecule has 2 heterocycles. The van der Waals surface area contributed by atoms with Crippen LogP contribution in [0.15, 0.2) is 24.3 Å². The molecule has 7 heteroatoms. The van der Waals surface area contributed by atoms with E-state index in [1.165, 1.54) is 31.5 Å². The standard InChI is InChI=1S/C22H36N2O4S/c23-29(25,26)19-4-1-10-22(11-17-27-18-12-22)20-6-8-21(9-7-20)28-16-5-15-24-13-2-3-14-24/h6-9H,1-5,10-19H2,(H2,23,25,26). The van der Waals surface area contributed by atoms with Crippen LogP contribution in [-0.2, 0) is 20.2 Å². The SMILES string of the molecule is NS(=O)(=O)CCCCC1(c2ccc(OCCCN3CCCC3)cc2)CCOCC1. The third-order valence-corrected chi connectivity index (χ3v) is 7.19. The Bertz CT molecular complexity index is 709. The first-order valence-corrected chi connectivity index (χ1v) is 12.7. The zero-order valence-corrected chi connectivity index (χ0v) is 18.3. The summed E-state index contributed by atoms with van der Waals surface area (Å²) in [5, 5.41) is 5.14. The summed E-state index contributed by atoms with van der Waals surface area (Å²) in [5.74, 6) is 0.982. The molecule has 0 unspecified atom stereocenters. The van der Waals surface area contributed by atoms with Crippen LogP contribution in [0.1, 0.15) is 56.9 Å². The molecular formula is C22H36N2O4S. The molecule has 2 saturated heterocycles. The van der Waals surface area contributed by atoms with Gasteiger partial charge in [0.2, 0.25) is 10.0 Å². The number of benzene rings is 1. The number of ether oxygens (including phenoxy) is 2. The van der Waals surface area contributed by atoms with E-state index in [0.717, 1.165) is 64.2 Å². The van der Waals surface area contributed by atoms with Crippen LogP contribution >= 0.6 is 0 Å². The van der Waals surface area contributed by atoms with Crippen molar-refractivity contribution in [3.63, 3.8) is 0 Å². The summed E-state index contributed by atoms with van der Waals surface area (Å²) in [4.78, 5) is 2.51. The van der Waals surface area contributed by atoms with E-state index < -0.39 is 10.0 Å². The molecular weight excluding hydrogens is 388 g/mol. The van der Waals surface area contributed by atoms with Crippen LogP contribution in [0.2, 0.25) is 0 Å². The Morgan fingerprint density at radius 3 is 2.38 bits per heavy atom. The lowest BCUT2D eigenvalue weighted by Gasteiger charge is -2.38. The molecule has 0 bridgehead atoms. The van der Waals surface area contributed by atoms with Gasteiger partial charge in [-0.1, -0.05) is 18.6 Å². The first kappa shape index (κ1) is 22.5. The number of nitrogens with two attached hydrogens (primary N) is 1. The van der Waals surface area contributed by atoms with E-state index in [1.54, 1.807) is 0 Å². The summed E-state index contributed by atoms with van der Waals surface area (Å²) in [6.45, 7) is 5.85. The lowest BCUT2D eigenvalue weighted by Crippen LogP contribution is -2.34. The van der Waals surface area contributed by atoms with E-state index >= 15 is 0 Å². The Kier molecular flexibility index (Phi) is 8.35. The highest BCUT2D eigenvalue weighted by Crippen LogP contribution is 2.40. The zero-order valence-electron chi connectivity index (χ0n) is 17.5. The summed E-state index contributed by atoms with van der Waals surface area (Å²) >= 11 is 0. The maximum Gasteiger partial charge on any atom is 0.209 e. The zero-order chi connectivity index (χ0) is 20.6. The van der Waals surface area contributed by atoms with E-state index in [2.05, 4.69) is 29.2 Å². The van der Waals surface area contributed by atoms with E-state index in [-0.39, 0.29) is 11.2 Å². The van der Waals surface area contributed by atoms with Crippen molar-refractivity contribution in [3.8, 4) is 5.75 Å². The van der Waals surface area contributed by atoms with E-state index in [1.807, 2.05) is 0 Å². The normalized spacial score (nSPS) is 20.0. The molecule has 0 atom stereocenters. The maximum atomic E-state index is 11.2. The summed E-state index contributed by atoms with van der Waals surface area (Å²) in [5.41, 5.74) is 1.37. The second kappa shape index (κ2) is 10.8. The first-order valence-electron chi connectivity index (χ1n) is 11.0. The minimum atomic E-state index is -3.38. The van der Waals surface area contributed by atoms with Crippen molar-refractivity contribution in [3.05, 3.63) is 29.8 Å². The highest BCUT2D eigenvalue weighted by molar-refractivity contribution is 7.89. The largest absolute Gasteiger partial charge is 0.494 e. The van der Waals surface area contributed by atoms with Crippen LogP contribution < -0.4 is 9.88 Å². The third kappa shape index (κ3) is 7.24. The fraction of sp³-hybridized carbons (Fsp3) is 0.727. The van der Waals surface area contributed by atoms with E-state index in [9.17, 15) is 8.42 Å². The number of primary sulfonamides is 1. The van der Waals surface area contributed by atoms with E-state index in [0.29, 0.717) is 6.42 Å². The Morgan fingerprint density at radius 2 is 1.72 bits per heavy atom. The van der Waals surface area contributed by atoms with Gasteiger partial charge in [-0.25, -0.2) is 13.6 Å². The number of hydrogen-bond donors (Lipinski definition) is 1. The number of nitrogens with zero attached hydrogens (tertiary/aromatic N) is 1. The van der Waals surface area contributed by atoms with Crippen molar-refractivity contribution >= 4 is 10.0 Å². The van der Waals surface area contributed by atoms with Crippen LogP contribution in [0.5, 0.6) is 5.75 Å². The molecule has 1 aromatic rings. The molecule has 2 N–H and O–H groups in total. The lowest BCUT2D eigenvalue weighted by atomic mass is 9.71. The van der Waals surface area contributed by atoms with Gasteiger partial charge in [0, 0.05) is 19.8 Å². The first-order chi connectivity index (χ1) is 14.0. The minimum absolute atomic E-state index is 0.0593. The fourth-order valence-corrected chi connectivity index (χ4v) is 5.21. The molecule has 0 aromatic heterocycles.